The molecule has 1 saturated carbocycles. The number of nitrogens with zero attached hydrogens (tertiary/aromatic N) is 1. The molecule has 0 aromatic heterocycles. The van der Waals surface area contributed by atoms with Gasteiger partial charge in [-0.1, -0.05) is 43.7 Å². The summed E-state index contributed by atoms with van der Waals surface area (Å²) in [6, 6.07) is 11.0. The average Bonchev–Trinajstić information content (AvgIpc) is 3.16. The monoisotopic (exact) mass is 259 g/mol. The summed E-state index contributed by atoms with van der Waals surface area (Å²) in [6.07, 6.45) is 3.90. The second kappa shape index (κ2) is 7.17. The van der Waals surface area contributed by atoms with Gasteiger partial charge in [-0.25, -0.2) is 4.99 Å². The van der Waals surface area contributed by atoms with E-state index in [-0.39, 0.29) is 0 Å². The van der Waals surface area contributed by atoms with E-state index >= 15 is 0 Å². The Morgan fingerprint density at radius 1 is 1.26 bits per heavy atom. The minimum atomic E-state index is 0.633. The molecule has 1 aromatic rings. The van der Waals surface area contributed by atoms with Crippen LogP contribution in [0, 0.1) is 5.92 Å². The van der Waals surface area contributed by atoms with E-state index in [2.05, 4.69) is 53.7 Å². The molecule has 0 aliphatic heterocycles. The van der Waals surface area contributed by atoms with E-state index in [0.717, 1.165) is 25.0 Å². The van der Waals surface area contributed by atoms with Crippen molar-refractivity contribution in [1.29, 1.82) is 0 Å². The molecule has 0 bridgehead atoms. The first-order valence-electron chi connectivity index (χ1n) is 7.42. The molecule has 0 saturated heterocycles. The van der Waals surface area contributed by atoms with Crippen LogP contribution >= 0.6 is 0 Å². The van der Waals surface area contributed by atoms with Crippen molar-refractivity contribution in [2.75, 3.05) is 6.54 Å². The topological polar surface area (TPSA) is 36.4 Å². The van der Waals surface area contributed by atoms with Crippen LogP contribution in [-0.2, 0) is 6.54 Å². The molecule has 19 heavy (non-hydrogen) atoms. The van der Waals surface area contributed by atoms with Crippen LogP contribution in [0.5, 0.6) is 0 Å². The van der Waals surface area contributed by atoms with E-state index in [1.54, 1.807) is 0 Å². The summed E-state index contributed by atoms with van der Waals surface area (Å²) in [5, 5.41) is 6.86. The maximum absolute atomic E-state index is 4.65. The van der Waals surface area contributed by atoms with Gasteiger partial charge >= 0.3 is 0 Å². The fraction of sp³-hybridized carbons (Fsp3) is 0.562. The van der Waals surface area contributed by atoms with Crippen LogP contribution < -0.4 is 10.6 Å². The van der Waals surface area contributed by atoms with Crippen LogP contribution in [0.2, 0.25) is 0 Å². The lowest BCUT2D eigenvalue weighted by Gasteiger charge is -2.11. The van der Waals surface area contributed by atoms with Crippen molar-refractivity contribution >= 4 is 5.96 Å². The van der Waals surface area contributed by atoms with Gasteiger partial charge < -0.3 is 10.6 Å². The number of hydrogen-bond donors (Lipinski definition) is 2. The number of guanidine groups is 1. The highest BCUT2D eigenvalue weighted by atomic mass is 15.2. The van der Waals surface area contributed by atoms with Gasteiger partial charge in [-0.3, -0.25) is 0 Å². The molecule has 0 spiro atoms. The molecule has 1 aromatic carbocycles. The molecule has 1 fully saturated rings. The largest absolute Gasteiger partial charge is 0.357 e. The fourth-order valence-corrected chi connectivity index (χ4v) is 2.36. The van der Waals surface area contributed by atoms with Gasteiger partial charge in [0.1, 0.15) is 0 Å². The first kappa shape index (κ1) is 13.9. The summed E-state index contributed by atoms with van der Waals surface area (Å²) in [5.41, 5.74) is 1.25. The third-order valence-corrected chi connectivity index (χ3v) is 3.51. The Morgan fingerprint density at radius 3 is 2.74 bits per heavy atom. The average molecular weight is 259 g/mol. The van der Waals surface area contributed by atoms with Crippen molar-refractivity contribution in [3.63, 3.8) is 0 Å². The molecule has 1 aliphatic carbocycles. The zero-order valence-corrected chi connectivity index (χ0v) is 12.0. The molecule has 0 heterocycles. The van der Waals surface area contributed by atoms with Crippen molar-refractivity contribution in [2.24, 2.45) is 10.9 Å². The zero-order chi connectivity index (χ0) is 13.5. The highest BCUT2D eigenvalue weighted by molar-refractivity contribution is 5.80. The molecule has 0 amide bonds. The Morgan fingerprint density at radius 2 is 2.05 bits per heavy atom. The molecule has 3 heteroatoms. The summed E-state index contributed by atoms with van der Waals surface area (Å²) in [7, 11) is 0. The molecule has 0 radical (unpaired) electrons. The Bertz CT molecular complexity index is 400. The van der Waals surface area contributed by atoms with Crippen LogP contribution in [-0.4, -0.2) is 18.5 Å². The van der Waals surface area contributed by atoms with Gasteiger partial charge in [0.05, 0.1) is 6.54 Å². The highest BCUT2D eigenvalue weighted by Gasteiger charge is 2.36. The maximum Gasteiger partial charge on any atom is 0.191 e. The first-order valence-corrected chi connectivity index (χ1v) is 7.42. The van der Waals surface area contributed by atoms with Crippen molar-refractivity contribution in [3.05, 3.63) is 35.9 Å². The smallest absolute Gasteiger partial charge is 0.191 e. The Labute approximate surface area is 116 Å². The standard InChI is InChI=1S/C16H25N3/c1-3-8-14-11-15(14)19-16(17-4-2)18-12-13-9-6-5-7-10-13/h5-7,9-10,14-15H,3-4,8,11-12H2,1-2H3,(H2,17,18,19). The second-order valence-corrected chi connectivity index (χ2v) is 5.22. The third kappa shape index (κ3) is 4.58. The van der Waals surface area contributed by atoms with Crippen molar-refractivity contribution in [2.45, 2.75) is 45.7 Å². The second-order valence-electron chi connectivity index (χ2n) is 5.22. The normalized spacial score (nSPS) is 22.1. The number of aliphatic imine (C=N–C) groups is 1. The van der Waals surface area contributed by atoms with Crippen LogP contribution in [0.3, 0.4) is 0 Å². The summed E-state index contributed by atoms with van der Waals surface area (Å²) in [4.78, 5) is 4.65. The van der Waals surface area contributed by atoms with Gasteiger partial charge in [-0.05, 0) is 31.2 Å². The number of rotatable bonds is 6. The predicted octanol–water partition coefficient (Wildman–Crippen LogP) is 2.93. The van der Waals surface area contributed by atoms with Crippen molar-refractivity contribution in [1.82, 2.24) is 10.6 Å². The van der Waals surface area contributed by atoms with Gasteiger partial charge in [-0.2, -0.15) is 0 Å². The van der Waals surface area contributed by atoms with Crippen LogP contribution in [0.15, 0.2) is 35.3 Å². The minimum Gasteiger partial charge on any atom is -0.357 e. The Balaban J connectivity index is 1.85. The molecular weight excluding hydrogens is 234 g/mol. The quantitative estimate of drug-likeness (QED) is 0.609. The van der Waals surface area contributed by atoms with Gasteiger partial charge in [0.2, 0.25) is 0 Å². The lowest BCUT2D eigenvalue weighted by atomic mass is 10.2. The SMILES string of the molecule is CCCC1CC1NC(=NCc1ccccc1)NCC. The summed E-state index contributed by atoms with van der Waals surface area (Å²) < 4.78 is 0. The Kier molecular flexibility index (Phi) is 5.25. The van der Waals surface area contributed by atoms with E-state index in [4.69, 9.17) is 0 Å². The summed E-state index contributed by atoms with van der Waals surface area (Å²) in [6.45, 7) is 6.01. The van der Waals surface area contributed by atoms with E-state index in [1.165, 1.54) is 24.8 Å². The first-order chi connectivity index (χ1) is 9.33. The molecule has 2 rings (SSSR count). The van der Waals surface area contributed by atoms with Crippen LogP contribution in [0.1, 0.15) is 38.7 Å². The van der Waals surface area contributed by atoms with Crippen molar-refractivity contribution in [3.8, 4) is 0 Å². The number of benzene rings is 1. The molecule has 3 nitrogen and oxygen atoms in total. The predicted molar refractivity (Wildman–Crippen MR) is 81.2 cm³/mol. The number of nitrogens with one attached hydrogen (secondary N) is 2. The van der Waals surface area contributed by atoms with Gasteiger partial charge in [0, 0.05) is 12.6 Å². The van der Waals surface area contributed by atoms with Crippen molar-refractivity contribution < 1.29 is 0 Å². The molecule has 1 aliphatic rings. The minimum absolute atomic E-state index is 0.633. The van der Waals surface area contributed by atoms with Gasteiger partial charge in [0.15, 0.2) is 5.96 Å². The van der Waals surface area contributed by atoms with Gasteiger partial charge in [-0.15, -0.1) is 0 Å². The lowest BCUT2D eigenvalue weighted by Crippen LogP contribution is -2.39. The maximum atomic E-state index is 4.65. The Hall–Kier alpha value is -1.51. The zero-order valence-electron chi connectivity index (χ0n) is 12.0. The highest BCUT2D eigenvalue weighted by Crippen LogP contribution is 2.34. The summed E-state index contributed by atoms with van der Waals surface area (Å²) >= 11 is 0. The molecular formula is C16H25N3. The molecule has 2 N–H and O–H groups in total. The molecule has 2 unspecified atom stereocenters. The lowest BCUT2D eigenvalue weighted by molar-refractivity contribution is 0.655. The van der Waals surface area contributed by atoms with E-state index in [1.807, 2.05) is 6.07 Å². The van der Waals surface area contributed by atoms with Crippen LogP contribution in [0.25, 0.3) is 0 Å². The number of hydrogen-bond acceptors (Lipinski definition) is 1. The molecule has 104 valence electrons. The van der Waals surface area contributed by atoms with Crippen LogP contribution in [0.4, 0.5) is 0 Å². The molecule has 2 atom stereocenters. The van der Waals surface area contributed by atoms with E-state index in [0.29, 0.717) is 6.04 Å². The fourth-order valence-electron chi connectivity index (χ4n) is 2.36. The van der Waals surface area contributed by atoms with Gasteiger partial charge in [0.25, 0.3) is 0 Å². The summed E-state index contributed by atoms with van der Waals surface area (Å²) in [5.74, 6) is 1.81. The van der Waals surface area contributed by atoms with E-state index in [9.17, 15) is 0 Å². The van der Waals surface area contributed by atoms with E-state index < -0.39 is 0 Å². The third-order valence-electron chi connectivity index (χ3n) is 3.51.